The summed E-state index contributed by atoms with van der Waals surface area (Å²) >= 11 is 0. The van der Waals surface area contributed by atoms with Crippen LogP contribution in [0.1, 0.15) is 59.0 Å². The van der Waals surface area contributed by atoms with Crippen LogP contribution in [0.4, 0.5) is 10.1 Å². The van der Waals surface area contributed by atoms with Crippen LogP contribution in [-0.2, 0) is 11.2 Å². The van der Waals surface area contributed by atoms with E-state index >= 15 is 4.39 Å². The van der Waals surface area contributed by atoms with Crippen LogP contribution < -0.4 is 4.90 Å². The van der Waals surface area contributed by atoms with Crippen LogP contribution in [0.3, 0.4) is 0 Å². The van der Waals surface area contributed by atoms with Crippen molar-refractivity contribution in [3.8, 4) is 11.3 Å². The molecule has 7 rings (SSSR count). The number of ether oxygens (including phenoxy) is 1. The highest BCUT2D eigenvalue weighted by atomic mass is 19.1. The molecule has 2 fully saturated rings. The summed E-state index contributed by atoms with van der Waals surface area (Å²) in [5.41, 5.74) is 5.88. The SMILES string of the molecule is COC1CN(c2ccc(-c3cc4nc(C(=O)N5CCc6ccccc6[C@H]5C)cc(C5CC5)n4n3)c(F)c2)CC1O. The number of anilines is 1. The van der Waals surface area contributed by atoms with Crippen molar-refractivity contribution in [2.45, 2.75) is 50.4 Å². The maximum Gasteiger partial charge on any atom is 0.273 e. The molecule has 1 saturated heterocycles. The van der Waals surface area contributed by atoms with Crippen LogP contribution in [-0.4, -0.2) is 69.5 Å². The molecule has 8 nitrogen and oxygen atoms in total. The van der Waals surface area contributed by atoms with E-state index in [1.165, 1.54) is 17.2 Å². The molecule has 4 aromatic rings. The van der Waals surface area contributed by atoms with E-state index in [0.29, 0.717) is 53.8 Å². The minimum atomic E-state index is -0.613. The van der Waals surface area contributed by atoms with E-state index in [0.717, 1.165) is 25.0 Å². The highest BCUT2D eigenvalue weighted by molar-refractivity contribution is 5.93. The number of nitrogens with zero attached hydrogens (tertiary/aromatic N) is 5. The Morgan fingerprint density at radius 2 is 1.93 bits per heavy atom. The quantitative estimate of drug-likeness (QED) is 0.404. The van der Waals surface area contributed by atoms with Gasteiger partial charge in [-0.15, -0.1) is 0 Å². The van der Waals surface area contributed by atoms with Gasteiger partial charge < -0.3 is 19.6 Å². The molecule has 1 amide bonds. The summed E-state index contributed by atoms with van der Waals surface area (Å²) in [5.74, 6) is -0.181. The van der Waals surface area contributed by atoms with Crippen LogP contribution in [0.15, 0.2) is 54.6 Å². The topological polar surface area (TPSA) is 83.2 Å². The molecule has 2 aromatic carbocycles. The van der Waals surface area contributed by atoms with Crippen molar-refractivity contribution in [1.29, 1.82) is 0 Å². The van der Waals surface area contributed by atoms with Crippen molar-refractivity contribution in [2.24, 2.45) is 0 Å². The minimum Gasteiger partial charge on any atom is -0.388 e. The van der Waals surface area contributed by atoms with Gasteiger partial charge in [0, 0.05) is 55.7 Å². The number of β-amino-alcohol motifs (C(OH)–C–C–N with tert-alkyl or cyclic N) is 1. The second-order valence-electron chi connectivity index (χ2n) is 11.2. The number of aliphatic hydroxyl groups excluding tert-OH is 1. The van der Waals surface area contributed by atoms with Gasteiger partial charge >= 0.3 is 0 Å². The zero-order chi connectivity index (χ0) is 27.5. The lowest BCUT2D eigenvalue weighted by Crippen LogP contribution is -2.39. The molecule has 2 unspecified atom stereocenters. The summed E-state index contributed by atoms with van der Waals surface area (Å²) in [6, 6.07) is 16.9. The average molecular weight is 542 g/mol. The first-order chi connectivity index (χ1) is 19.4. The normalized spacial score (nSPS) is 22.6. The van der Waals surface area contributed by atoms with Gasteiger partial charge in [-0.2, -0.15) is 5.10 Å². The van der Waals surface area contributed by atoms with Gasteiger partial charge in [0.25, 0.3) is 5.91 Å². The number of rotatable bonds is 5. The Labute approximate surface area is 232 Å². The number of halogens is 1. The van der Waals surface area contributed by atoms with Crippen LogP contribution in [0.2, 0.25) is 0 Å². The summed E-state index contributed by atoms with van der Waals surface area (Å²) in [5, 5.41) is 14.9. The average Bonchev–Trinajstić information content (AvgIpc) is 3.61. The lowest BCUT2D eigenvalue weighted by atomic mass is 9.93. The summed E-state index contributed by atoms with van der Waals surface area (Å²) in [4.78, 5) is 22.3. The standard InChI is InChI=1S/C31H32FN5O3/c1-18-22-6-4-3-5-19(22)11-12-36(18)31(39)26-14-27(20-7-8-20)37-30(33-26)15-25(34-37)23-10-9-21(13-24(23)32)35-16-28(38)29(17-35)40-2/h3-6,9-10,13-15,18,20,28-29,38H,7-8,11-12,16-17H2,1-2H3/t18-,28?,29?/m1/s1. The Kier molecular flexibility index (Phi) is 6.09. The predicted molar refractivity (Wildman–Crippen MR) is 149 cm³/mol. The molecule has 1 aliphatic carbocycles. The van der Waals surface area contributed by atoms with E-state index in [1.54, 1.807) is 23.8 Å². The van der Waals surface area contributed by atoms with Crippen molar-refractivity contribution < 1.29 is 19.0 Å². The molecule has 2 aliphatic heterocycles. The van der Waals surface area contributed by atoms with E-state index in [2.05, 4.69) is 19.1 Å². The molecule has 3 atom stereocenters. The highest BCUT2D eigenvalue weighted by Crippen LogP contribution is 2.41. The predicted octanol–water partition coefficient (Wildman–Crippen LogP) is 4.37. The lowest BCUT2D eigenvalue weighted by molar-refractivity contribution is 0.0217. The van der Waals surface area contributed by atoms with E-state index in [-0.39, 0.29) is 18.1 Å². The van der Waals surface area contributed by atoms with Crippen LogP contribution in [0.25, 0.3) is 16.9 Å². The largest absolute Gasteiger partial charge is 0.388 e. The number of benzene rings is 2. The summed E-state index contributed by atoms with van der Waals surface area (Å²) in [7, 11) is 1.57. The summed E-state index contributed by atoms with van der Waals surface area (Å²) in [6.45, 7) is 3.59. The second-order valence-corrected chi connectivity index (χ2v) is 11.2. The lowest BCUT2D eigenvalue weighted by Gasteiger charge is -2.35. The maximum absolute atomic E-state index is 15.4. The van der Waals surface area contributed by atoms with Gasteiger partial charge in [0.1, 0.15) is 17.6 Å². The molecule has 2 aromatic heterocycles. The van der Waals surface area contributed by atoms with Crippen molar-refractivity contribution >= 4 is 17.2 Å². The first-order valence-corrected chi connectivity index (χ1v) is 14.0. The molecule has 9 heteroatoms. The highest BCUT2D eigenvalue weighted by Gasteiger charge is 2.34. The van der Waals surface area contributed by atoms with Crippen molar-refractivity contribution in [2.75, 3.05) is 31.6 Å². The van der Waals surface area contributed by atoms with Crippen LogP contribution >= 0.6 is 0 Å². The van der Waals surface area contributed by atoms with Crippen molar-refractivity contribution in [1.82, 2.24) is 19.5 Å². The van der Waals surface area contributed by atoms with E-state index in [9.17, 15) is 9.90 Å². The molecular weight excluding hydrogens is 509 g/mol. The third kappa shape index (κ3) is 4.24. The van der Waals surface area contributed by atoms with Crippen LogP contribution in [0, 0.1) is 5.82 Å². The van der Waals surface area contributed by atoms with E-state index in [1.807, 2.05) is 34.1 Å². The molecule has 4 heterocycles. The molecule has 0 radical (unpaired) electrons. The molecule has 3 aliphatic rings. The Bertz CT molecular complexity index is 1620. The molecule has 206 valence electrons. The number of carbonyl (C=O) groups is 1. The molecule has 0 spiro atoms. The Morgan fingerprint density at radius 1 is 1.10 bits per heavy atom. The van der Waals surface area contributed by atoms with Gasteiger partial charge in [0.15, 0.2) is 5.65 Å². The number of aromatic nitrogens is 3. The maximum atomic E-state index is 15.4. The Morgan fingerprint density at radius 3 is 2.67 bits per heavy atom. The Hall–Kier alpha value is -3.82. The molecule has 1 saturated carbocycles. The first kappa shape index (κ1) is 25.2. The van der Waals surface area contributed by atoms with Crippen LogP contribution in [0.5, 0.6) is 0 Å². The zero-order valence-electron chi connectivity index (χ0n) is 22.6. The third-order valence-corrected chi connectivity index (χ3v) is 8.66. The number of aliphatic hydroxyl groups is 1. The van der Waals surface area contributed by atoms with Gasteiger partial charge in [-0.05, 0) is 61.6 Å². The fraction of sp³-hybridized carbons (Fsp3) is 0.387. The number of fused-ring (bicyclic) bond motifs is 2. The Balaban J connectivity index is 1.21. The monoisotopic (exact) mass is 541 g/mol. The van der Waals surface area contributed by atoms with Gasteiger partial charge in [-0.3, -0.25) is 4.79 Å². The fourth-order valence-electron chi connectivity index (χ4n) is 6.21. The third-order valence-electron chi connectivity index (χ3n) is 8.66. The van der Waals surface area contributed by atoms with Gasteiger partial charge in [-0.25, -0.2) is 13.9 Å². The number of hydrogen-bond donors (Lipinski definition) is 1. The van der Waals surface area contributed by atoms with Crippen molar-refractivity contribution in [3.05, 3.63) is 82.9 Å². The fourth-order valence-corrected chi connectivity index (χ4v) is 6.21. The molecule has 40 heavy (non-hydrogen) atoms. The molecule has 0 bridgehead atoms. The number of methoxy groups -OCH3 is 1. The minimum absolute atomic E-state index is 0.0381. The van der Waals surface area contributed by atoms with Gasteiger partial charge in [0.2, 0.25) is 0 Å². The van der Waals surface area contributed by atoms with Gasteiger partial charge in [0.05, 0.1) is 17.8 Å². The number of hydrogen-bond acceptors (Lipinski definition) is 6. The van der Waals surface area contributed by atoms with E-state index in [4.69, 9.17) is 14.8 Å². The zero-order valence-corrected chi connectivity index (χ0v) is 22.6. The number of carbonyl (C=O) groups excluding carboxylic acids is 1. The van der Waals surface area contributed by atoms with E-state index < -0.39 is 11.9 Å². The summed E-state index contributed by atoms with van der Waals surface area (Å²) < 4.78 is 22.5. The van der Waals surface area contributed by atoms with Crippen molar-refractivity contribution in [3.63, 3.8) is 0 Å². The summed E-state index contributed by atoms with van der Waals surface area (Å²) in [6.07, 6.45) is 1.97. The molecular formula is C31H32FN5O3. The number of amides is 1. The second kappa shape index (κ2) is 9.67. The van der Waals surface area contributed by atoms with Gasteiger partial charge in [-0.1, -0.05) is 24.3 Å². The molecule has 1 N–H and O–H groups in total. The first-order valence-electron chi connectivity index (χ1n) is 14.0. The smallest absolute Gasteiger partial charge is 0.273 e.